The highest BCUT2D eigenvalue weighted by molar-refractivity contribution is 6.47. The highest BCUT2D eigenvalue weighted by Gasteiger charge is 2.42. The Kier molecular flexibility index (Phi) is 8.99. The molecule has 0 bridgehead atoms. The Bertz CT molecular complexity index is 1320. The maximum absolute atomic E-state index is 13.3. The minimum Gasteiger partial charge on any atom is -0.478 e. The molecule has 0 atom stereocenters. The van der Waals surface area contributed by atoms with Gasteiger partial charge in [-0.2, -0.15) is 0 Å². The normalized spacial score (nSPS) is 11.9. The Balaban J connectivity index is 2.21. The summed E-state index contributed by atoms with van der Waals surface area (Å²) < 4.78 is 0. The predicted molar refractivity (Wildman–Crippen MR) is 174 cm³/mol. The van der Waals surface area contributed by atoms with E-state index < -0.39 is 5.97 Å². The highest BCUT2D eigenvalue weighted by atomic mass is 16.4. The fraction of sp³-hybridized carbons (Fsp3) is 0.310. The molecule has 2 amide bonds. The topological polar surface area (TPSA) is 81.7 Å². The molecule has 0 aliphatic carbocycles. The minimum absolute atomic E-state index is 0.210. The van der Waals surface area contributed by atoms with E-state index in [1.165, 1.54) is 0 Å². The molecular formula is C29H39B4N3O3. The Hall–Kier alpha value is -3.54. The van der Waals surface area contributed by atoms with E-state index in [0.29, 0.717) is 34.3 Å². The van der Waals surface area contributed by atoms with Crippen molar-refractivity contribution < 1.29 is 14.7 Å². The largest absolute Gasteiger partial charge is 0.478 e. The number of amides is 2. The van der Waals surface area contributed by atoms with Crippen LogP contribution in [-0.4, -0.2) is 59.2 Å². The summed E-state index contributed by atoms with van der Waals surface area (Å²) in [6.45, 7) is 10.8. The lowest BCUT2D eigenvalue weighted by Gasteiger charge is -2.56. The van der Waals surface area contributed by atoms with E-state index in [0.717, 1.165) is 11.3 Å². The zero-order valence-electron chi connectivity index (χ0n) is 24.7. The number of anilines is 3. The van der Waals surface area contributed by atoms with Gasteiger partial charge in [-0.05, 0) is 70.9 Å². The van der Waals surface area contributed by atoms with Crippen molar-refractivity contribution in [1.29, 1.82) is 0 Å². The molecule has 0 aliphatic rings. The number of urea groups is 1. The van der Waals surface area contributed by atoms with Gasteiger partial charge in [-0.25, -0.2) is 9.59 Å². The van der Waals surface area contributed by atoms with E-state index in [1.54, 1.807) is 18.2 Å². The molecule has 3 aromatic rings. The van der Waals surface area contributed by atoms with Crippen LogP contribution in [0.25, 0.3) is 11.1 Å². The van der Waals surface area contributed by atoms with Gasteiger partial charge in [-0.3, -0.25) is 0 Å². The number of nitrogens with zero attached hydrogens (tertiary/aromatic N) is 1. The molecule has 10 heteroatoms. The van der Waals surface area contributed by atoms with Crippen LogP contribution < -0.4 is 15.5 Å². The summed E-state index contributed by atoms with van der Waals surface area (Å²) in [5.74, 6) is -0.390. The molecule has 0 aromatic heterocycles. The average molecular weight is 521 g/mol. The van der Waals surface area contributed by atoms with Crippen LogP contribution in [0.5, 0.6) is 0 Å². The van der Waals surface area contributed by atoms with E-state index in [-0.39, 0.29) is 22.3 Å². The van der Waals surface area contributed by atoms with Gasteiger partial charge in [-0.1, -0.05) is 69.7 Å². The van der Waals surface area contributed by atoms with Gasteiger partial charge in [0.2, 0.25) is 0 Å². The number of carboxylic acid groups (broad SMARTS) is 1. The number of carbonyl (C=O) groups excluding carboxylic acids is 1. The number of carboxylic acids is 1. The standard InChI is InChI=1S/C29H39B4N3O3/c1-17(2)28(30,31)36(29(32,33)18(3)4)25-15-12-20(22-8-6-7-9-23(22)26(37)38)16-24(25)35-27(39)34-21-13-10-19(5)11-14-21/h6-18H,30-33H2,1-5H3,(H,37,38)(H2,34,35,39). The summed E-state index contributed by atoms with van der Waals surface area (Å²) in [5.41, 5.74) is 4.80. The van der Waals surface area contributed by atoms with Crippen LogP contribution in [0.3, 0.4) is 0 Å². The smallest absolute Gasteiger partial charge is 0.336 e. The molecule has 0 fully saturated rings. The molecular weight excluding hydrogens is 482 g/mol. The fourth-order valence-electron chi connectivity index (χ4n) is 4.72. The van der Waals surface area contributed by atoms with Crippen LogP contribution in [0.2, 0.25) is 0 Å². The van der Waals surface area contributed by atoms with Gasteiger partial charge < -0.3 is 20.6 Å². The highest BCUT2D eigenvalue weighted by Crippen LogP contribution is 2.41. The summed E-state index contributed by atoms with van der Waals surface area (Å²) in [7, 11) is 8.91. The van der Waals surface area contributed by atoms with Gasteiger partial charge in [0.15, 0.2) is 0 Å². The van der Waals surface area contributed by atoms with Crippen molar-refractivity contribution in [1.82, 2.24) is 0 Å². The SMILES string of the molecule is BC(B)(C(C)C)N(c1ccc(-c2ccccc2C(=O)O)cc1NC(=O)Nc1ccc(C)cc1)C(B)(B)C(C)C. The van der Waals surface area contributed by atoms with E-state index >= 15 is 0 Å². The van der Waals surface area contributed by atoms with Gasteiger partial charge in [0.25, 0.3) is 0 Å². The van der Waals surface area contributed by atoms with Gasteiger partial charge >= 0.3 is 12.0 Å². The Labute approximate surface area is 236 Å². The van der Waals surface area contributed by atoms with Gasteiger partial charge in [-0.15, -0.1) is 0 Å². The number of rotatable bonds is 9. The van der Waals surface area contributed by atoms with Crippen molar-refractivity contribution >= 4 is 60.4 Å². The van der Waals surface area contributed by atoms with Crippen LogP contribution in [0.15, 0.2) is 66.7 Å². The van der Waals surface area contributed by atoms with Crippen molar-refractivity contribution in [3.8, 4) is 11.1 Å². The molecule has 0 saturated heterocycles. The number of benzene rings is 3. The first-order chi connectivity index (χ1) is 18.2. The fourth-order valence-corrected chi connectivity index (χ4v) is 4.72. The predicted octanol–water partition coefficient (Wildman–Crippen LogP) is 2.96. The first kappa shape index (κ1) is 30.0. The number of aromatic carboxylic acids is 1. The quantitative estimate of drug-likeness (QED) is 0.379. The Morgan fingerprint density at radius 1 is 0.821 bits per heavy atom. The Morgan fingerprint density at radius 2 is 1.38 bits per heavy atom. The summed E-state index contributed by atoms with van der Waals surface area (Å²) in [4.78, 5) is 27.7. The zero-order chi connectivity index (χ0) is 29.1. The number of carbonyl (C=O) groups is 2. The molecule has 0 heterocycles. The van der Waals surface area contributed by atoms with Gasteiger partial charge in [0, 0.05) is 5.69 Å². The van der Waals surface area contributed by atoms with Crippen LogP contribution in [0, 0.1) is 18.8 Å². The van der Waals surface area contributed by atoms with Crippen molar-refractivity contribution in [3.63, 3.8) is 0 Å². The number of hydrogen-bond acceptors (Lipinski definition) is 3. The lowest BCUT2D eigenvalue weighted by atomic mass is 9.46. The van der Waals surface area contributed by atoms with E-state index in [2.05, 4.69) is 74.6 Å². The molecule has 0 aliphatic heterocycles. The second-order valence-corrected chi connectivity index (χ2v) is 12.0. The average Bonchev–Trinajstić information content (AvgIpc) is 2.86. The van der Waals surface area contributed by atoms with Gasteiger partial charge in [0.1, 0.15) is 31.4 Å². The second-order valence-electron chi connectivity index (χ2n) is 12.0. The molecule has 200 valence electrons. The molecule has 0 radical (unpaired) electrons. The first-order valence-corrected chi connectivity index (χ1v) is 13.6. The maximum atomic E-state index is 13.3. The van der Waals surface area contributed by atoms with Crippen molar-refractivity contribution in [2.75, 3.05) is 15.5 Å². The molecule has 3 aromatic carbocycles. The summed E-state index contributed by atoms with van der Waals surface area (Å²) in [6.07, 6.45) is 0. The van der Waals surface area contributed by atoms with Gasteiger partial charge in [0.05, 0.1) is 16.9 Å². The number of aryl methyl sites for hydroxylation is 1. The van der Waals surface area contributed by atoms with Crippen LogP contribution in [0.4, 0.5) is 21.9 Å². The minimum atomic E-state index is -0.996. The third kappa shape index (κ3) is 6.55. The molecule has 3 rings (SSSR count). The lowest BCUT2D eigenvalue weighted by Crippen LogP contribution is -2.67. The molecule has 6 nitrogen and oxygen atoms in total. The maximum Gasteiger partial charge on any atom is 0.336 e. The summed E-state index contributed by atoms with van der Waals surface area (Å²) in [5, 5.41) is 15.3. The van der Waals surface area contributed by atoms with Crippen LogP contribution in [-0.2, 0) is 0 Å². The monoisotopic (exact) mass is 521 g/mol. The molecule has 0 spiro atoms. The van der Waals surface area contributed by atoms with Crippen LogP contribution >= 0.6 is 0 Å². The first-order valence-electron chi connectivity index (χ1n) is 13.6. The van der Waals surface area contributed by atoms with Crippen LogP contribution in [0.1, 0.15) is 43.6 Å². The van der Waals surface area contributed by atoms with E-state index in [9.17, 15) is 14.7 Å². The third-order valence-corrected chi connectivity index (χ3v) is 8.24. The molecule has 39 heavy (non-hydrogen) atoms. The number of nitrogens with one attached hydrogen (secondary N) is 2. The molecule has 0 unspecified atom stereocenters. The summed E-state index contributed by atoms with van der Waals surface area (Å²) >= 11 is 0. The lowest BCUT2D eigenvalue weighted by molar-refractivity contribution is 0.0697. The summed E-state index contributed by atoms with van der Waals surface area (Å²) in [6, 6.07) is 20.0. The number of hydrogen-bond donors (Lipinski definition) is 3. The van der Waals surface area contributed by atoms with E-state index in [1.807, 2.05) is 55.5 Å². The second kappa shape index (κ2) is 11.7. The third-order valence-electron chi connectivity index (χ3n) is 8.24. The Morgan fingerprint density at radius 3 is 1.92 bits per heavy atom. The van der Waals surface area contributed by atoms with E-state index in [4.69, 9.17) is 0 Å². The van der Waals surface area contributed by atoms with Crippen molar-refractivity contribution in [2.24, 2.45) is 11.8 Å². The zero-order valence-corrected chi connectivity index (χ0v) is 24.7. The van der Waals surface area contributed by atoms with Crippen molar-refractivity contribution in [2.45, 2.75) is 45.3 Å². The molecule has 3 N–H and O–H groups in total. The molecule has 0 saturated carbocycles. The van der Waals surface area contributed by atoms with Crippen molar-refractivity contribution in [3.05, 3.63) is 77.9 Å².